The molecule has 71 heavy (non-hydrogen) atoms. The van der Waals surface area contributed by atoms with Gasteiger partial charge in [0.05, 0.1) is 97.7 Å². The van der Waals surface area contributed by atoms with Crippen molar-refractivity contribution in [1.29, 1.82) is 0 Å². The first-order chi connectivity index (χ1) is 33.6. The van der Waals surface area contributed by atoms with Gasteiger partial charge in [0.2, 0.25) is 5.91 Å². The summed E-state index contributed by atoms with van der Waals surface area (Å²) in [5.74, 6) is -5.77. The summed E-state index contributed by atoms with van der Waals surface area (Å²) in [5.41, 5.74) is 6.11. The molecule has 4 rings (SSSR count). The molecule has 0 aromatic rings. The van der Waals surface area contributed by atoms with E-state index in [1.54, 1.807) is 75.5 Å². The average Bonchev–Trinajstić information content (AvgIpc) is 3.70. The molecule has 4 aliphatic rings. The van der Waals surface area contributed by atoms with Crippen LogP contribution in [0.3, 0.4) is 0 Å². The van der Waals surface area contributed by atoms with E-state index in [4.69, 9.17) is 24.7 Å². The number of ether oxygens (including phenoxy) is 4. The maximum absolute atomic E-state index is 14.0. The predicted molar refractivity (Wildman–Crippen MR) is 261 cm³/mol. The van der Waals surface area contributed by atoms with Crippen LogP contribution in [0.5, 0.6) is 0 Å². The Labute approximate surface area is 417 Å². The van der Waals surface area contributed by atoms with Crippen LogP contribution in [0.1, 0.15) is 98.3 Å². The third kappa shape index (κ3) is 19.4. The van der Waals surface area contributed by atoms with Gasteiger partial charge in [-0.15, -0.1) is 0 Å². The molecule has 3 aliphatic heterocycles. The highest BCUT2D eigenvalue weighted by Gasteiger charge is 2.51. The molecule has 0 aromatic carbocycles. The van der Waals surface area contributed by atoms with Crippen molar-refractivity contribution in [2.75, 3.05) is 0 Å². The van der Waals surface area contributed by atoms with E-state index >= 15 is 0 Å². The van der Waals surface area contributed by atoms with Gasteiger partial charge in [0.1, 0.15) is 12.2 Å². The van der Waals surface area contributed by atoms with Gasteiger partial charge in [0.25, 0.3) is 0 Å². The van der Waals surface area contributed by atoms with Crippen LogP contribution in [-0.4, -0.2) is 178 Å². The van der Waals surface area contributed by atoms with Crippen molar-refractivity contribution >= 4 is 11.9 Å². The molecule has 2 bridgehead atoms. The number of carbonyl (C=O) groups is 2. The van der Waals surface area contributed by atoms with Crippen LogP contribution in [0.25, 0.3) is 0 Å². The Morgan fingerprint density at radius 3 is 1.86 bits per heavy atom. The molecule has 2 saturated heterocycles. The number of cyclic esters (lactones) is 1. The van der Waals surface area contributed by atoms with Gasteiger partial charge in [0, 0.05) is 37.5 Å². The third-order valence-electron chi connectivity index (χ3n) is 13.8. The molecule has 3 fully saturated rings. The first kappa shape index (κ1) is 60.1. The molecule has 0 radical (unpaired) electrons. The summed E-state index contributed by atoms with van der Waals surface area (Å²) in [7, 11) is 0. The SMILES string of the molecule is C[C@@H]1[C@H](O)[C@@H](C)/C=C/C=C/C=C/C=C/C=C/C=C/C=C/[C@H](O[C@@H]2O[C@H](C)[C@@H](O)[C@H](N)[C@@H]2O)C[C@@H]2O[C@](O)(C[C@@H](O)C[C@@H](O)[C@H](O)CC[C@@H](O)C[C@@H](O)CC(=O)O[C@H]1C)C[C@H](O)[C@H]2C(=O)N[C@H]1CCC[C@H]1O. The van der Waals surface area contributed by atoms with Gasteiger partial charge in [-0.25, -0.2) is 0 Å². The van der Waals surface area contributed by atoms with Gasteiger partial charge in [-0.3, -0.25) is 9.59 Å². The lowest BCUT2D eigenvalue weighted by Gasteiger charge is -2.46. The maximum atomic E-state index is 14.0. The Morgan fingerprint density at radius 1 is 0.648 bits per heavy atom. The van der Waals surface area contributed by atoms with E-state index in [9.17, 15) is 65.8 Å². The fourth-order valence-electron chi connectivity index (χ4n) is 9.38. The van der Waals surface area contributed by atoms with Crippen molar-refractivity contribution in [3.8, 4) is 0 Å². The number of aliphatic hydroxyl groups is 11. The highest BCUT2D eigenvalue weighted by molar-refractivity contribution is 5.80. The van der Waals surface area contributed by atoms with E-state index in [0.29, 0.717) is 19.3 Å². The molecular weight excluding hydrogens is 925 g/mol. The van der Waals surface area contributed by atoms with Crippen molar-refractivity contribution in [2.45, 2.75) is 208 Å². The van der Waals surface area contributed by atoms with Gasteiger partial charge in [0.15, 0.2) is 12.1 Å². The number of nitrogens with one attached hydrogen (secondary N) is 1. The largest absolute Gasteiger partial charge is 0.462 e. The lowest BCUT2D eigenvalue weighted by molar-refractivity contribution is -0.307. The molecule has 19 nitrogen and oxygen atoms in total. The van der Waals surface area contributed by atoms with Crippen molar-refractivity contribution < 1.29 is 84.7 Å². The Balaban J connectivity index is 1.60. The zero-order valence-corrected chi connectivity index (χ0v) is 41.4. The molecule has 0 spiro atoms. The fourth-order valence-corrected chi connectivity index (χ4v) is 9.38. The Hall–Kier alpha value is -3.48. The first-order valence-corrected chi connectivity index (χ1v) is 25.0. The average molecular weight is 1010 g/mol. The molecule has 1 saturated carbocycles. The van der Waals surface area contributed by atoms with E-state index in [1.165, 1.54) is 0 Å². The van der Waals surface area contributed by atoms with E-state index < -0.39 is 159 Å². The number of hydrogen-bond acceptors (Lipinski definition) is 18. The summed E-state index contributed by atoms with van der Waals surface area (Å²) < 4.78 is 23.8. The smallest absolute Gasteiger partial charge is 0.308 e. The third-order valence-corrected chi connectivity index (χ3v) is 13.8. The molecule has 21 atom stereocenters. The zero-order chi connectivity index (χ0) is 52.4. The minimum atomic E-state index is -2.30. The van der Waals surface area contributed by atoms with E-state index in [0.717, 1.165) is 0 Å². The summed E-state index contributed by atoms with van der Waals surface area (Å²) in [6.07, 6.45) is 5.10. The van der Waals surface area contributed by atoms with Crippen LogP contribution in [-0.2, 0) is 28.5 Å². The number of esters is 1. The number of allylic oxidation sites excluding steroid dienone is 12. The molecular formula is C52H82N2O17. The number of nitrogens with two attached hydrogens (primary N) is 1. The first-order valence-electron chi connectivity index (χ1n) is 25.0. The molecule has 402 valence electrons. The summed E-state index contributed by atoms with van der Waals surface area (Å²) in [5, 5.41) is 123. The minimum absolute atomic E-state index is 0.102. The van der Waals surface area contributed by atoms with Crippen LogP contribution in [0, 0.1) is 17.8 Å². The van der Waals surface area contributed by atoms with E-state index in [1.807, 2.05) is 37.3 Å². The van der Waals surface area contributed by atoms with E-state index in [-0.39, 0.29) is 31.6 Å². The number of aliphatic hydroxyl groups excluding tert-OH is 10. The van der Waals surface area contributed by atoms with E-state index in [2.05, 4.69) is 5.32 Å². The minimum Gasteiger partial charge on any atom is -0.462 e. The summed E-state index contributed by atoms with van der Waals surface area (Å²) in [6.45, 7) is 6.79. The maximum Gasteiger partial charge on any atom is 0.308 e. The monoisotopic (exact) mass is 1010 g/mol. The van der Waals surface area contributed by atoms with Crippen LogP contribution in [0.2, 0.25) is 0 Å². The second-order valence-corrected chi connectivity index (χ2v) is 19.8. The summed E-state index contributed by atoms with van der Waals surface area (Å²) in [6, 6.07) is -1.74. The van der Waals surface area contributed by atoms with Gasteiger partial charge in [-0.2, -0.15) is 0 Å². The fraction of sp³-hybridized carbons (Fsp3) is 0.692. The predicted octanol–water partition coefficient (Wildman–Crippen LogP) is 0.657. The number of hydrogen-bond donors (Lipinski definition) is 13. The van der Waals surface area contributed by atoms with Crippen LogP contribution < -0.4 is 11.1 Å². The molecule has 0 aromatic heterocycles. The van der Waals surface area contributed by atoms with Crippen molar-refractivity contribution in [1.82, 2.24) is 5.32 Å². The number of carbonyl (C=O) groups excluding carboxylic acids is 2. The molecule has 3 heterocycles. The molecule has 1 aliphatic carbocycles. The quantitative estimate of drug-likeness (QED) is 0.172. The van der Waals surface area contributed by atoms with Gasteiger partial charge < -0.3 is 86.2 Å². The highest BCUT2D eigenvalue weighted by atomic mass is 16.7. The van der Waals surface area contributed by atoms with Gasteiger partial charge in [-0.1, -0.05) is 98.9 Å². The molecule has 1 amide bonds. The second kappa shape index (κ2) is 29.4. The number of amides is 1. The standard InChI is InChI=1S/C52H82N2O17/c1-30-18-15-13-11-9-7-5-6-8-10-12-14-16-19-37(70-51-49(65)46(53)48(64)33(4)69-51)27-43-45(50(66)54-38-20-17-21-39(38)58)42(61)29-52(67,71-43)28-36(57)25-41(60)40(59)23-22-34(55)24-35(56)26-44(62)68-32(3)31(2)47(30)63/h5-16,18-19,30-43,45-49,51,55-61,63-65,67H,17,20-29,53H2,1-4H3,(H,54,66)/b6-5+,9-7+,10-8+,13-11+,14-12+,18-15+,19-16+/t30-,31-,32-,33+,34+,35+,36-,37-,38-,39+,40+,41+,42-,43-,45+,46-,47+,48+,49-,51-,52+/m0/s1. The van der Waals surface area contributed by atoms with Crippen molar-refractivity contribution in [3.63, 3.8) is 0 Å². The van der Waals surface area contributed by atoms with Crippen LogP contribution >= 0.6 is 0 Å². The molecule has 14 N–H and O–H groups in total. The lowest BCUT2D eigenvalue weighted by atomic mass is 9.82. The summed E-state index contributed by atoms with van der Waals surface area (Å²) in [4.78, 5) is 26.7. The second-order valence-electron chi connectivity index (χ2n) is 19.8. The zero-order valence-electron chi connectivity index (χ0n) is 41.4. The Kier molecular flexibility index (Phi) is 24.9. The van der Waals surface area contributed by atoms with Gasteiger partial charge >= 0.3 is 5.97 Å². The number of fused-ring (bicyclic) bond motifs is 2. The Bertz CT molecular complexity index is 1840. The van der Waals surface area contributed by atoms with Gasteiger partial charge in [-0.05, 0) is 52.4 Å². The Morgan fingerprint density at radius 2 is 1.25 bits per heavy atom. The molecule has 19 heteroatoms. The highest BCUT2D eigenvalue weighted by Crippen LogP contribution is 2.39. The normalized spacial score (nSPS) is 45.8. The topological polar surface area (TPSA) is 332 Å². The molecule has 0 unspecified atom stereocenters. The lowest BCUT2D eigenvalue weighted by Crippen LogP contribution is -2.62. The summed E-state index contributed by atoms with van der Waals surface area (Å²) >= 11 is 0. The number of rotatable bonds is 4. The van der Waals surface area contributed by atoms with Crippen molar-refractivity contribution in [2.24, 2.45) is 23.5 Å². The van der Waals surface area contributed by atoms with Crippen LogP contribution in [0.4, 0.5) is 0 Å². The van der Waals surface area contributed by atoms with Crippen LogP contribution in [0.15, 0.2) is 85.1 Å². The van der Waals surface area contributed by atoms with Crippen molar-refractivity contribution in [3.05, 3.63) is 85.1 Å².